The first-order chi connectivity index (χ1) is 13.7. The van der Waals surface area contributed by atoms with Gasteiger partial charge in [0.2, 0.25) is 0 Å². The van der Waals surface area contributed by atoms with E-state index in [2.05, 4.69) is 5.32 Å². The highest BCUT2D eigenvalue weighted by Crippen LogP contribution is 2.28. The van der Waals surface area contributed by atoms with Crippen molar-refractivity contribution < 1.29 is 9.59 Å². The molecule has 0 atom stereocenters. The number of fused-ring (bicyclic) bond motifs is 2. The number of carbonyl (C=O) groups excluding carboxylic acids is 2. The molecule has 0 radical (unpaired) electrons. The number of benzene rings is 4. The van der Waals surface area contributed by atoms with Crippen LogP contribution in [0.2, 0.25) is 0 Å². The molecular weight excluding hydrogens is 348 g/mol. The van der Waals surface area contributed by atoms with E-state index in [1.807, 2.05) is 78.9 Å². The summed E-state index contributed by atoms with van der Waals surface area (Å²) < 4.78 is 0. The van der Waals surface area contributed by atoms with Crippen LogP contribution >= 0.6 is 0 Å². The lowest BCUT2D eigenvalue weighted by atomic mass is 10.1. The standard InChI is InChI=1S/C24H16N2O2/c27-23-15-22(25-20-11-9-16-5-1-3-7-18(16)13-20)24(28)26(23)21-12-10-17-6-2-4-8-19(17)14-21/h1-15,25H. The van der Waals surface area contributed by atoms with Gasteiger partial charge >= 0.3 is 0 Å². The molecule has 4 aromatic carbocycles. The van der Waals surface area contributed by atoms with E-state index >= 15 is 0 Å². The Hall–Kier alpha value is -3.92. The first kappa shape index (κ1) is 16.3. The minimum atomic E-state index is -0.353. The van der Waals surface area contributed by atoms with Crippen LogP contribution < -0.4 is 10.2 Å². The summed E-state index contributed by atoms with van der Waals surface area (Å²) >= 11 is 0. The zero-order chi connectivity index (χ0) is 19.1. The third-order valence-electron chi connectivity index (χ3n) is 4.94. The van der Waals surface area contributed by atoms with Gasteiger partial charge in [-0.05, 0) is 45.8 Å². The van der Waals surface area contributed by atoms with Gasteiger partial charge in [0.25, 0.3) is 11.8 Å². The lowest BCUT2D eigenvalue weighted by Crippen LogP contribution is -2.31. The monoisotopic (exact) mass is 364 g/mol. The molecule has 134 valence electrons. The molecule has 1 aliphatic heterocycles. The Bertz CT molecular complexity index is 1290. The first-order valence-corrected chi connectivity index (χ1v) is 9.04. The first-order valence-electron chi connectivity index (χ1n) is 9.04. The van der Waals surface area contributed by atoms with Crippen LogP contribution in [0, 0.1) is 0 Å². The van der Waals surface area contributed by atoms with Crippen LogP contribution in [0.3, 0.4) is 0 Å². The van der Waals surface area contributed by atoms with Crippen LogP contribution in [0.25, 0.3) is 21.5 Å². The number of nitrogens with zero attached hydrogens (tertiary/aromatic N) is 1. The fourth-order valence-corrected chi connectivity index (χ4v) is 3.54. The molecule has 0 fully saturated rings. The molecule has 0 spiro atoms. The van der Waals surface area contributed by atoms with Crippen LogP contribution in [0.5, 0.6) is 0 Å². The molecule has 0 bridgehead atoms. The van der Waals surface area contributed by atoms with E-state index in [1.54, 1.807) is 6.07 Å². The Balaban J connectivity index is 1.44. The summed E-state index contributed by atoms with van der Waals surface area (Å²) in [5, 5.41) is 7.33. The molecule has 0 saturated heterocycles. The van der Waals surface area contributed by atoms with Crippen molar-refractivity contribution >= 4 is 44.7 Å². The van der Waals surface area contributed by atoms with Gasteiger partial charge in [-0.15, -0.1) is 0 Å². The normalized spacial score (nSPS) is 14.0. The third kappa shape index (κ3) is 2.72. The number of hydrogen-bond donors (Lipinski definition) is 1. The molecule has 0 aliphatic carbocycles. The lowest BCUT2D eigenvalue weighted by molar-refractivity contribution is -0.120. The fourth-order valence-electron chi connectivity index (χ4n) is 3.54. The van der Waals surface area contributed by atoms with Gasteiger partial charge < -0.3 is 5.32 Å². The van der Waals surface area contributed by atoms with Gasteiger partial charge in [0.05, 0.1) is 5.69 Å². The number of rotatable bonds is 3. The second kappa shape index (κ2) is 6.35. The summed E-state index contributed by atoms with van der Waals surface area (Å²) in [5.74, 6) is -0.697. The molecule has 1 N–H and O–H groups in total. The van der Waals surface area contributed by atoms with E-state index in [1.165, 1.54) is 11.0 Å². The van der Waals surface area contributed by atoms with Gasteiger partial charge in [-0.3, -0.25) is 9.59 Å². The van der Waals surface area contributed by atoms with Crippen molar-refractivity contribution in [2.45, 2.75) is 0 Å². The highest BCUT2D eigenvalue weighted by Gasteiger charge is 2.32. The molecule has 5 rings (SSSR count). The van der Waals surface area contributed by atoms with Crippen LogP contribution in [0.15, 0.2) is 96.7 Å². The number of amides is 2. The SMILES string of the molecule is O=C1C=C(Nc2ccc3ccccc3c2)C(=O)N1c1ccc2ccccc2c1. The molecule has 4 nitrogen and oxygen atoms in total. The predicted molar refractivity (Wildman–Crippen MR) is 112 cm³/mol. The minimum Gasteiger partial charge on any atom is -0.351 e. The van der Waals surface area contributed by atoms with E-state index in [0.717, 1.165) is 27.2 Å². The van der Waals surface area contributed by atoms with Gasteiger partial charge in [-0.2, -0.15) is 0 Å². The predicted octanol–water partition coefficient (Wildman–Crippen LogP) is 4.86. The zero-order valence-corrected chi connectivity index (χ0v) is 14.9. The molecule has 4 aromatic rings. The molecule has 2 amide bonds. The maximum atomic E-state index is 12.9. The van der Waals surface area contributed by atoms with Gasteiger partial charge in [0, 0.05) is 11.8 Å². The van der Waals surface area contributed by atoms with Crippen molar-refractivity contribution in [1.29, 1.82) is 0 Å². The highest BCUT2D eigenvalue weighted by atomic mass is 16.2. The highest BCUT2D eigenvalue weighted by molar-refractivity contribution is 6.31. The molecule has 1 aliphatic rings. The van der Waals surface area contributed by atoms with Crippen LogP contribution in [-0.4, -0.2) is 11.8 Å². The third-order valence-corrected chi connectivity index (χ3v) is 4.94. The zero-order valence-electron chi connectivity index (χ0n) is 14.9. The maximum absolute atomic E-state index is 12.9. The van der Waals surface area contributed by atoms with Gasteiger partial charge in [0.15, 0.2) is 0 Å². The topological polar surface area (TPSA) is 49.4 Å². The number of hydrogen-bond acceptors (Lipinski definition) is 3. The molecule has 0 aromatic heterocycles. The van der Waals surface area contributed by atoms with E-state index in [0.29, 0.717) is 5.69 Å². The van der Waals surface area contributed by atoms with Gasteiger partial charge in [-0.25, -0.2) is 4.90 Å². The Morgan fingerprint density at radius 1 is 0.643 bits per heavy atom. The summed E-state index contributed by atoms with van der Waals surface area (Å²) in [4.78, 5) is 26.6. The summed E-state index contributed by atoms with van der Waals surface area (Å²) in [6.45, 7) is 0. The second-order valence-electron chi connectivity index (χ2n) is 6.76. The minimum absolute atomic E-state index is 0.272. The quantitative estimate of drug-likeness (QED) is 0.528. The Morgan fingerprint density at radius 2 is 1.25 bits per heavy atom. The largest absolute Gasteiger partial charge is 0.351 e. The number of anilines is 2. The molecule has 4 heteroatoms. The van der Waals surface area contributed by atoms with Gasteiger partial charge in [0.1, 0.15) is 5.70 Å². The van der Waals surface area contributed by atoms with E-state index in [9.17, 15) is 9.59 Å². The second-order valence-corrected chi connectivity index (χ2v) is 6.76. The Labute approximate surface area is 161 Å². The van der Waals surface area contributed by atoms with E-state index in [-0.39, 0.29) is 17.5 Å². The van der Waals surface area contributed by atoms with Gasteiger partial charge in [-0.1, -0.05) is 60.7 Å². The van der Waals surface area contributed by atoms with E-state index < -0.39 is 0 Å². The number of carbonyl (C=O) groups is 2. The summed E-state index contributed by atoms with van der Waals surface area (Å²) in [6, 6.07) is 27.3. The molecule has 0 unspecified atom stereocenters. The van der Waals surface area contributed by atoms with Crippen molar-refractivity contribution in [2.24, 2.45) is 0 Å². The molecule has 28 heavy (non-hydrogen) atoms. The average molecular weight is 364 g/mol. The fraction of sp³-hybridized carbons (Fsp3) is 0. The molecule has 1 heterocycles. The average Bonchev–Trinajstić information content (AvgIpc) is 3.00. The van der Waals surface area contributed by atoms with Crippen LogP contribution in [-0.2, 0) is 9.59 Å². The maximum Gasteiger partial charge on any atom is 0.281 e. The molecular formula is C24H16N2O2. The van der Waals surface area contributed by atoms with E-state index in [4.69, 9.17) is 0 Å². The molecule has 0 saturated carbocycles. The van der Waals surface area contributed by atoms with Crippen molar-refractivity contribution in [3.63, 3.8) is 0 Å². The smallest absolute Gasteiger partial charge is 0.281 e. The van der Waals surface area contributed by atoms with Crippen molar-refractivity contribution in [2.75, 3.05) is 10.2 Å². The Morgan fingerprint density at radius 3 is 1.96 bits per heavy atom. The number of nitrogens with one attached hydrogen (secondary N) is 1. The van der Waals surface area contributed by atoms with Crippen LogP contribution in [0.1, 0.15) is 0 Å². The van der Waals surface area contributed by atoms with Crippen molar-refractivity contribution in [3.05, 3.63) is 96.7 Å². The number of imide groups is 1. The van der Waals surface area contributed by atoms with Crippen molar-refractivity contribution in [3.8, 4) is 0 Å². The Kier molecular flexibility index (Phi) is 3.69. The summed E-state index contributed by atoms with van der Waals surface area (Å²) in [5.41, 5.74) is 1.61. The summed E-state index contributed by atoms with van der Waals surface area (Å²) in [7, 11) is 0. The summed E-state index contributed by atoms with van der Waals surface area (Å²) in [6.07, 6.45) is 1.35. The lowest BCUT2D eigenvalue weighted by Gasteiger charge is -2.16. The van der Waals surface area contributed by atoms with Crippen molar-refractivity contribution in [1.82, 2.24) is 0 Å². The van der Waals surface area contributed by atoms with Crippen LogP contribution in [0.4, 0.5) is 11.4 Å².